The van der Waals surface area contributed by atoms with E-state index in [0.29, 0.717) is 22.9 Å². The number of unbranched alkanes of at least 4 members (excludes halogenated alkanes) is 1. The second kappa shape index (κ2) is 8.14. The highest BCUT2D eigenvalue weighted by molar-refractivity contribution is 7.14. The average molecular weight is 401 g/mol. The van der Waals surface area contributed by atoms with Gasteiger partial charge in [0, 0.05) is 6.54 Å². The highest BCUT2D eigenvalue weighted by Crippen LogP contribution is 2.40. The standard InChI is InChI=1S/C21H24N2O4S/c1-5-6-11-23-17(14-7-9-15(27-4)10-8-14)16(19(25)21(23)26)18(24)20-12(2)22-13(3)28-20/h7-10,17,25H,5-6,11H2,1-4H3. The molecule has 1 atom stereocenters. The van der Waals surface area contributed by atoms with Gasteiger partial charge < -0.3 is 14.7 Å². The van der Waals surface area contributed by atoms with Crippen LogP contribution < -0.4 is 4.74 Å². The summed E-state index contributed by atoms with van der Waals surface area (Å²) in [5.74, 6) is -0.624. The molecule has 0 radical (unpaired) electrons. The zero-order valence-electron chi connectivity index (χ0n) is 16.5. The average Bonchev–Trinajstić information content (AvgIpc) is 3.16. The number of rotatable bonds is 7. The zero-order chi connectivity index (χ0) is 20.4. The molecule has 1 unspecified atom stereocenters. The van der Waals surface area contributed by atoms with Crippen molar-refractivity contribution in [3.63, 3.8) is 0 Å². The van der Waals surface area contributed by atoms with Crippen LogP contribution in [0.15, 0.2) is 35.6 Å². The molecule has 1 N–H and O–H groups in total. The third-order valence-corrected chi connectivity index (χ3v) is 5.91. The zero-order valence-corrected chi connectivity index (χ0v) is 17.3. The maximum atomic E-state index is 13.3. The number of methoxy groups -OCH3 is 1. The molecule has 0 aliphatic carbocycles. The van der Waals surface area contributed by atoms with Crippen molar-refractivity contribution < 1.29 is 19.4 Å². The van der Waals surface area contributed by atoms with Gasteiger partial charge in [0.05, 0.1) is 34.3 Å². The van der Waals surface area contributed by atoms with Gasteiger partial charge in [-0.05, 0) is 38.0 Å². The topological polar surface area (TPSA) is 79.7 Å². The summed E-state index contributed by atoms with van der Waals surface area (Å²) in [4.78, 5) is 32.5. The number of aliphatic hydroxyl groups excluding tert-OH is 1. The smallest absolute Gasteiger partial charge is 0.290 e. The molecular formula is C21H24N2O4S. The van der Waals surface area contributed by atoms with Gasteiger partial charge in [0.15, 0.2) is 5.76 Å². The van der Waals surface area contributed by atoms with Gasteiger partial charge in [-0.15, -0.1) is 11.3 Å². The van der Waals surface area contributed by atoms with Gasteiger partial charge in [0.2, 0.25) is 5.78 Å². The second-order valence-electron chi connectivity index (χ2n) is 6.77. The quantitative estimate of drug-likeness (QED) is 0.707. The Labute approximate surface area is 168 Å². The maximum Gasteiger partial charge on any atom is 0.290 e. The summed E-state index contributed by atoms with van der Waals surface area (Å²) < 4.78 is 5.21. The first-order valence-corrected chi connectivity index (χ1v) is 10.1. The molecule has 7 heteroatoms. The monoisotopic (exact) mass is 400 g/mol. The number of thiazole rings is 1. The van der Waals surface area contributed by atoms with Crippen LogP contribution in [0.1, 0.15) is 51.7 Å². The van der Waals surface area contributed by atoms with Crippen LogP contribution in [0.3, 0.4) is 0 Å². The number of aryl methyl sites for hydroxylation is 2. The van der Waals surface area contributed by atoms with Crippen LogP contribution in [-0.4, -0.2) is 40.3 Å². The molecular weight excluding hydrogens is 376 g/mol. The Morgan fingerprint density at radius 3 is 2.50 bits per heavy atom. The van der Waals surface area contributed by atoms with Crippen LogP contribution in [0.2, 0.25) is 0 Å². The summed E-state index contributed by atoms with van der Waals surface area (Å²) in [6.45, 7) is 6.10. The van der Waals surface area contributed by atoms with Gasteiger partial charge in [0.1, 0.15) is 5.75 Å². The van der Waals surface area contributed by atoms with Crippen molar-refractivity contribution in [2.24, 2.45) is 0 Å². The first-order chi connectivity index (χ1) is 13.4. The summed E-state index contributed by atoms with van der Waals surface area (Å²) in [6, 6.07) is 6.60. The van der Waals surface area contributed by atoms with Crippen molar-refractivity contribution >= 4 is 23.0 Å². The highest BCUT2D eigenvalue weighted by Gasteiger charge is 2.44. The molecule has 3 rings (SSSR count). The van der Waals surface area contributed by atoms with E-state index in [1.807, 2.05) is 26.0 Å². The normalized spacial score (nSPS) is 16.8. The number of aliphatic hydroxyl groups is 1. The summed E-state index contributed by atoms with van der Waals surface area (Å²) in [7, 11) is 1.58. The molecule has 6 nitrogen and oxygen atoms in total. The Bertz CT molecular complexity index is 930. The fourth-order valence-electron chi connectivity index (χ4n) is 3.44. The number of ether oxygens (including phenoxy) is 1. The minimum absolute atomic E-state index is 0.123. The van der Waals surface area contributed by atoms with E-state index in [1.165, 1.54) is 11.3 Å². The number of hydrogen-bond acceptors (Lipinski definition) is 6. The van der Waals surface area contributed by atoms with Crippen LogP contribution in [0, 0.1) is 13.8 Å². The number of benzene rings is 1. The van der Waals surface area contributed by atoms with Crippen LogP contribution in [0.5, 0.6) is 5.75 Å². The number of nitrogens with zero attached hydrogens (tertiary/aromatic N) is 2. The number of aromatic nitrogens is 1. The number of amides is 1. The van der Waals surface area contributed by atoms with E-state index in [9.17, 15) is 14.7 Å². The maximum absolute atomic E-state index is 13.3. The van der Waals surface area contributed by atoms with E-state index in [0.717, 1.165) is 23.4 Å². The molecule has 148 valence electrons. The molecule has 0 saturated carbocycles. The van der Waals surface area contributed by atoms with E-state index in [4.69, 9.17) is 4.74 Å². The largest absolute Gasteiger partial charge is 0.503 e. The third-order valence-electron chi connectivity index (χ3n) is 4.84. The Hall–Kier alpha value is -2.67. The van der Waals surface area contributed by atoms with Crippen molar-refractivity contribution in [1.29, 1.82) is 0 Å². The fraction of sp³-hybridized carbons (Fsp3) is 0.381. The van der Waals surface area contributed by atoms with Gasteiger partial charge >= 0.3 is 0 Å². The fourth-order valence-corrected chi connectivity index (χ4v) is 4.32. The summed E-state index contributed by atoms with van der Waals surface area (Å²) in [5, 5.41) is 11.4. The highest BCUT2D eigenvalue weighted by atomic mass is 32.1. The molecule has 1 amide bonds. The first-order valence-electron chi connectivity index (χ1n) is 9.25. The van der Waals surface area contributed by atoms with Crippen molar-refractivity contribution in [2.75, 3.05) is 13.7 Å². The van der Waals surface area contributed by atoms with Crippen LogP contribution in [-0.2, 0) is 4.79 Å². The molecule has 1 aromatic carbocycles. The van der Waals surface area contributed by atoms with E-state index < -0.39 is 17.7 Å². The molecule has 0 spiro atoms. The number of carbonyl (C=O) groups is 2. The molecule has 0 saturated heterocycles. The minimum atomic E-state index is -0.626. The lowest BCUT2D eigenvalue weighted by atomic mass is 9.95. The number of carbonyl (C=O) groups excluding carboxylic acids is 2. The number of Topliss-reactive ketones (excluding diaryl/α,β-unsaturated/α-hetero) is 1. The third kappa shape index (κ3) is 3.54. The molecule has 1 aliphatic rings. The minimum Gasteiger partial charge on any atom is -0.503 e. The SMILES string of the molecule is CCCCN1C(=O)C(O)=C(C(=O)c2sc(C)nc2C)C1c1ccc(OC)cc1. The van der Waals surface area contributed by atoms with Crippen molar-refractivity contribution in [2.45, 2.75) is 39.7 Å². The molecule has 0 bridgehead atoms. The molecule has 1 aromatic heterocycles. The first kappa shape index (κ1) is 20.1. The predicted molar refractivity (Wildman–Crippen MR) is 108 cm³/mol. The van der Waals surface area contributed by atoms with Crippen molar-refractivity contribution in [3.8, 4) is 5.75 Å². The van der Waals surface area contributed by atoms with Crippen molar-refractivity contribution in [3.05, 3.63) is 56.7 Å². The second-order valence-corrected chi connectivity index (χ2v) is 7.97. The van der Waals surface area contributed by atoms with E-state index in [-0.39, 0.29) is 11.4 Å². The van der Waals surface area contributed by atoms with Crippen LogP contribution >= 0.6 is 11.3 Å². The molecule has 1 aliphatic heterocycles. The Morgan fingerprint density at radius 2 is 1.96 bits per heavy atom. The summed E-state index contributed by atoms with van der Waals surface area (Å²) >= 11 is 1.28. The summed E-state index contributed by atoms with van der Waals surface area (Å²) in [5.41, 5.74) is 1.50. The lowest BCUT2D eigenvalue weighted by molar-refractivity contribution is -0.129. The molecule has 28 heavy (non-hydrogen) atoms. The van der Waals surface area contributed by atoms with Gasteiger partial charge in [-0.25, -0.2) is 4.98 Å². The number of ketones is 1. The number of hydrogen-bond donors (Lipinski definition) is 1. The Morgan fingerprint density at radius 1 is 1.29 bits per heavy atom. The van der Waals surface area contributed by atoms with Crippen molar-refractivity contribution in [1.82, 2.24) is 9.88 Å². The van der Waals surface area contributed by atoms with Crippen LogP contribution in [0.4, 0.5) is 0 Å². The van der Waals surface area contributed by atoms with Gasteiger partial charge in [0.25, 0.3) is 5.91 Å². The predicted octanol–water partition coefficient (Wildman–Crippen LogP) is 4.15. The molecule has 0 fully saturated rings. The van der Waals surface area contributed by atoms with E-state index >= 15 is 0 Å². The Kier molecular flexibility index (Phi) is 5.84. The van der Waals surface area contributed by atoms with Gasteiger partial charge in [-0.2, -0.15) is 0 Å². The lowest BCUT2D eigenvalue weighted by Gasteiger charge is -2.26. The summed E-state index contributed by atoms with van der Waals surface area (Å²) in [6.07, 6.45) is 1.68. The van der Waals surface area contributed by atoms with Gasteiger partial charge in [-0.3, -0.25) is 9.59 Å². The molecule has 2 heterocycles. The molecule has 2 aromatic rings. The van der Waals surface area contributed by atoms with Crippen LogP contribution in [0.25, 0.3) is 0 Å². The Balaban J connectivity index is 2.08. The van der Waals surface area contributed by atoms with E-state index in [1.54, 1.807) is 31.1 Å². The van der Waals surface area contributed by atoms with Gasteiger partial charge in [-0.1, -0.05) is 25.5 Å². The lowest BCUT2D eigenvalue weighted by Crippen LogP contribution is -2.32. The van der Waals surface area contributed by atoms with E-state index in [2.05, 4.69) is 4.98 Å².